The number of nitrogens with zero attached hydrogens (tertiary/aromatic N) is 1. The summed E-state index contributed by atoms with van der Waals surface area (Å²) in [6.07, 6.45) is 6.03. The Labute approximate surface area is 129 Å². The zero-order chi connectivity index (χ0) is 15.1. The highest BCUT2D eigenvalue weighted by Gasteiger charge is 2.22. The largest absolute Gasteiger partial charge is 0.492 e. The summed E-state index contributed by atoms with van der Waals surface area (Å²) in [6, 6.07) is 7.84. The average Bonchev–Trinajstić information content (AvgIpc) is 2.99. The molecule has 21 heavy (non-hydrogen) atoms. The predicted octanol–water partition coefficient (Wildman–Crippen LogP) is 2.03. The molecule has 2 atom stereocenters. The van der Waals surface area contributed by atoms with Crippen molar-refractivity contribution in [1.82, 2.24) is 5.32 Å². The number of nitrogens with two attached hydrogens (primary N) is 1. The van der Waals surface area contributed by atoms with Crippen LogP contribution in [0.15, 0.2) is 29.4 Å². The minimum absolute atomic E-state index is 0.104. The molecule has 116 valence electrons. The summed E-state index contributed by atoms with van der Waals surface area (Å²) in [5.41, 5.74) is 6.18. The molecule has 2 unspecified atom stereocenters. The van der Waals surface area contributed by atoms with Crippen LogP contribution in [0.5, 0.6) is 5.75 Å². The minimum Gasteiger partial charge on any atom is -0.492 e. The molecule has 4 N–H and O–H groups in total. The van der Waals surface area contributed by atoms with E-state index in [0.717, 1.165) is 17.5 Å². The van der Waals surface area contributed by atoms with Gasteiger partial charge in [0.2, 0.25) is 0 Å². The normalized spacial score (nSPS) is 22.4. The second-order valence-corrected chi connectivity index (χ2v) is 6.32. The molecule has 0 bridgehead atoms. The molecular weight excluding hydrogens is 286 g/mol. The first-order valence-corrected chi connectivity index (χ1v) is 8.48. The number of hydrogen-bond donors (Lipinski definition) is 3. The van der Waals surface area contributed by atoms with Gasteiger partial charge in [-0.05, 0) is 49.8 Å². The number of benzene rings is 1. The van der Waals surface area contributed by atoms with Crippen LogP contribution in [0.2, 0.25) is 0 Å². The molecule has 1 aliphatic rings. The predicted molar refractivity (Wildman–Crippen MR) is 87.4 cm³/mol. The molecule has 1 aromatic carbocycles. The fraction of sp³-hybridized carbons (Fsp3) is 0.533. The van der Waals surface area contributed by atoms with Crippen LogP contribution in [-0.4, -0.2) is 41.7 Å². The number of rotatable bonds is 7. The van der Waals surface area contributed by atoms with Gasteiger partial charge in [0.05, 0.1) is 0 Å². The van der Waals surface area contributed by atoms with Crippen LogP contribution >= 0.6 is 11.8 Å². The lowest BCUT2D eigenvalue weighted by molar-refractivity contribution is 0.305. The van der Waals surface area contributed by atoms with Crippen molar-refractivity contribution in [3.63, 3.8) is 0 Å². The number of thioether (sulfide) groups is 1. The Bertz CT molecular complexity index is 464. The fourth-order valence-corrected chi connectivity index (χ4v) is 3.35. The number of ether oxygens (including phenoxy) is 1. The van der Waals surface area contributed by atoms with Crippen molar-refractivity contribution in [2.24, 2.45) is 10.9 Å². The van der Waals surface area contributed by atoms with Gasteiger partial charge in [-0.15, -0.1) is 0 Å². The molecule has 0 aromatic heterocycles. The van der Waals surface area contributed by atoms with Crippen LogP contribution in [0.3, 0.4) is 0 Å². The van der Waals surface area contributed by atoms with Crippen molar-refractivity contribution in [1.29, 1.82) is 0 Å². The van der Waals surface area contributed by atoms with Gasteiger partial charge in [-0.2, -0.15) is 11.8 Å². The van der Waals surface area contributed by atoms with Crippen LogP contribution < -0.4 is 15.8 Å². The van der Waals surface area contributed by atoms with Crippen molar-refractivity contribution >= 4 is 17.6 Å². The Morgan fingerprint density at radius 2 is 2.19 bits per heavy atom. The Morgan fingerprint density at radius 3 is 2.81 bits per heavy atom. The molecule has 1 aromatic rings. The van der Waals surface area contributed by atoms with E-state index in [-0.39, 0.29) is 5.84 Å². The molecule has 0 saturated heterocycles. The summed E-state index contributed by atoms with van der Waals surface area (Å²) in [4.78, 5) is 0. The third-order valence-electron chi connectivity index (χ3n) is 3.78. The highest BCUT2D eigenvalue weighted by molar-refractivity contribution is 7.99. The first-order valence-electron chi connectivity index (χ1n) is 7.20. The van der Waals surface area contributed by atoms with E-state index in [1.807, 2.05) is 23.9 Å². The molecule has 1 fully saturated rings. The van der Waals surface area contributed by atoms with Gasteiger partial charge in [-0.1, -0.05) is 5.16 Å². The summed E-state index contributed by atoms with van der Waals surface area (Å²) in [6.45, 7) is 1.50. The van der Waals surface area contributed by atoms with Gasteiger partial charge < -0.3 is 21.0 Å². The van der Waals surface area contributed by atoms with Crippen molar-refractivity contribution in [2.45, 2.75) is 30.6 Å². The molecule has 0 radical (unpaired) electrons. The van der Waals surface area contributed by atoms with Gasteiger partial charge in [0, 0.05) is 23.4 Å². The molecule has 5 nitrogen and oxygen atoms in total. The second kappa shape index (κ2) is 8.14. The van der Waals surface area contributed by atoms with E-state index in [2.05, 4.69) is 16.7 Å². The summed E-state index contributed by atoms with van der Waals surface area (Å²) in [5, 5.41) is 15.9. The van der Waals surface area contributed by atoms with E-state index in [9.17, 15) is 0 Å². The molecule has 0 amide bonds. The first-order chi connectivity index (χ1) is 10.2. The zero-order valence-electron chi connectivity index (χ0n) is 12.3. The van der Waals surface area contributed by atoms with Crippen LogP contribution in [0.25, 0.3) is 0 Å². The SMILES string of the molecule is CSC1CCC(NCCOc2ccc(/C(N)=N/O)cc2)C1. The smallest absolute Gasteiger partial charge is 0.170 e. The number of oxime groups is 1. The van der Waals surface area contributed by atoms with Crippen LogP contribution in [0.4, 0.5) is 0 Å². The Kier molecular flexibility index (Phi) is 6.20. The van der Waals surface area contributed by atoms with Crippen molar-refractivity contribution < 1.29 is 9.94 Å². The van der Waals surface area contributed by atoms with E-state index in [4.69, 9.17) is 15.7 Å². The van der Waals surface area contributed by atoms with Crippen LogP contribution in [0.1, 0.15) is 24.8 Å². The topological polar surface area (TPSA) is 79.9 Å². The van der Waals surface area contributed by atoms with Gasteiger partial charge in [0.25, 0.3) is 0 Å². The third-order valence-corrected chi connectivity index (χ3v) is 4.87. The molecule has 0 heterocycles. The van der Waals surface area contributed by atoms with Gasteiger partial charge in [0.15, 0.2) is 5.84 Å². The fourth-order valence-electron chi connectivity index (χ4n) is 2.55. The first kappa shape index (κ1) is 16.0. The molecule has 1 saturated carbocycles. The van der Waals surface area contributed by atoms with Gasteiger partial charge in [-0.3, -0.25) is 0 Å². The monoisotopic (exact) mass is 309 g/mol. The summed E-state index contributed by atoms with van der Waals surface area (Å²) < 4.78 is 5.68. The summed E-state index contributed by atoms with van der Waals surface area (Å²) in [7, 11) is 0. The van der Waals surface area contributed by atoms with E-state index >= 15 is 0 Å². The maximum absolute atomic E-state index is 8.59. The standard InChI is InChI=1S/C15H23N3O2S/c1-21-14-7-4-12(10-14)17-8-9-20-13-5-2-11(3-6-13)15(16)18-19/h2-3,5-6,12,14,17,19H,4,7-10H2,1H3,(H2,16,18). The number of nitrogens with one attached hydrogen (secondary N) is 1. The lowest BCUT2D eigenvalue weighted by atomic mass is 10.2. The molecular formula is C15H23N3O2S. The van der Waals surface area contributed by atoms with Gasteiger partial charge in [-0.25, -0.2) is 0 Å². The van der Waals surface area contributed by atoms with E-state index in [1.54, 1.807) is 12.1 Å². The molecule has 0 spiro atoms. The molecule has 0 aliphatic heterocycles. The van der Waals surface area contributed by atoms with Gasteiger partial charge in [0.1, 0.15) is 12.4 Å². The molecule has 2 rings (SSSR count). The quantitative estimate of drug-likeness (QED) is 0.236. The van der Waals surface area contributed by atoms with E-state index < -0.39 is 0 Å². The Balaban J connectivity index is 1.67. The average molecular weight is 309 g/mol. The lowest BCUT2D eigenvalue weighted by Crippen LogP contribution is -2.30. The van der Waals surface area contributed by atoms with E-state index in [0.29, 0.717) is 18.2 Å². The minimum atomic E-state index is 0.104. The molecule has 6 heteroatoms. The van der Waals surface area contributed by atoms with Crippen molar-refractivity contribution in [3.8, 4) is 5.75 Å². The maximum Gasteiger partial charge on any atom is 0.170 e. The summed E-state index contributed by atoms with van der Waals surface area (Å²) >= 11 is 1.97. The zero-order valence-corrected chi connectivity index (χ0v) is 13.1. The highest BCUT2D eigenvalue weighted by Crippen LogP contribution is 2.27. The lowest BCUT2D eigenvalue weighted by Gasteiger charge is -2.13. The third kappa shape index (κ3) is 4.82. The number of hydrogen-bond acceptors (Lipinski definition) is 5. The van der Waals surface area contributed by atoms with E-state index in [1.165, 1.54) is 19.3 Å². The second-order valence-electron chi connectivity index (χ2n) is 5.18. The highest BCUT2D eigenvalue weighted by atomic mass is 32.2. The molecule has 1 aliphatic carbocycles. The van der Waals surface area contributed by atoms with Gasteiger partial charge >= 0.3 is 0 Å². The maximum atomic E-state index is 8.59. The Morgan fingerprint density at radius 1 is 1.43 bits per heavy atom. The van der Waals surface area contributed by atoms with Crippen molar-refractivity contribution in [3.05, 3.63) is 29.8 Å². The van der Waals surface area contributed by atoms with Crippen LogP contribution in [0, 0.1) is 0 Å². The van der Waals surface area contributed by atoms with Crippen LogP contribution in [-0.2, 0) is 0 Å². The summed E-state index contributed by atoms with van der Waals surface area (Å²) in [5.74, 6) is 0.896. The Hall–Kier alpha value is -1.40. The van der Waals surface area contributed by atoms with Crippen molar-refractivity contribution in [2.75, 3.05) is 19.4 Å². The number of amidine groups is 1.